The maximum atomic E-state index is 13.1. The Morgan fingerprint density at radius 2 is 1.93 bits per heavy atom. The number of anilines is 1. The molecule has 1 atom stereocenters. The number of ketones is 1. The van der Waals surface area contributed by atoms with Crippen LogP contribution < -0.4 is 10.6 Å². The molecule has 0 spiro atoms. The molecule has 7 heteroatoms. The number of carbonyl (C=O) groups is 1. The number of nitrogens with two attached hydrogens (primary N) is 1. The molecular weight excluding hydrogens is 379 g/mol. The van der Waals surface area contributed by atoms with Gasteiger partial charge in [0.15, 0.2) is 0 Å². The van der Waals surface area contributed by atoms with Crippen molar-refractivity contribution in [3.05, 3.63) is 58.8 Å². The van der Waals surface area contributed by atoms with Crippen LogP contribution in [0.4, 0.5) is 19.0 Å². The Bertz CT molecular complexity index is 861. The minimum atomic E-state index is -4.48. The van der Waals surface area contributed by atoms with Gasteiger partial charge in [0.25, 0.3) is 0 Å². The molecule has 1 saturated heterocycles. The van der Waals surface area contributed by atoms with Gasteiger partial charge >= 0.3 is 6.18 Å². The molecule has 156 valence electrons. The summed E-state index contributed by atoms with van der Waals surface area (Å²) in [6.07, 6.45) is -1.99. The normalized spacial score (nSPS) is 15.6. The van der Waals surface area contributed by atoms with Crippen LogP contribution >= 0.6 is 0 Å². The van der Waals surface area contributed by atoms with E-state index in [1.165, 1.54) is 6.07 Å². The first-order valence-corrected chi connectivity index (χ1v) is 9.93. The minimum absolute atomic E-state index is 0.0476. The molecule has 2 heterocycles. The number of aryl methyl sites for hydroxylation is 1. The fraction of sp³-hybridized carbons (Fsp3) is 0.455. The molecule has 1 aromatic carbocycles. The fourth-order valence-corrected chi connectivity index (χ4v) is 3.68. The topological polar surface area (TPSA) is 59.2 Å². The van der Waals surface area contributed by atoms with Crippen LogP contribution in [0, 0.1) is 0 Å². The third-order valence-corrected chi connectivity index (χ3v) is 5.46. The molecule has 0 saturated carbocycles. The van der Waals surface area contributed by atoms with Crippen molar-refractivity contribution in [3.63, 3.8) is 0 Å². The van der Waals surface area contributed by atoms with E-state index in [1.807, 2.05) is 36.1 Å². The maximum Gasteiger partial charge on any atom is 0.433 e. The molecule has 1 aliphatic heterocycles. The molecule has 29 heavy (non-hydrogen) atoms. The van der Waals surface area contributed by atoms with Crippen LogP contribution in [0.15, 0.2) is 36.4 Å². The number of alkyl halides is 3. The average Bonchev–Trinajstić information content (AvgIpc) is 3.25. The molecule has 4 nitrogen and oxygen atoms in total. The van der Waals surface area contributed by atoms with Crippen LogP contribution in [0.3, 0.4) is 0 Å². The summed E-state index contributed by atoms with van der Waals surface area (Å²) < 4.78 is 39.3. The summed E-state index contributed by atoms with van der Waals surface area (Å²) >= 11 is 0. The average molecular weight is 405 g/mol. The molecule has 2 N–H and O–H groups in total. The smallest absolute Gasteiger partial charge is 0.356 e. The van der Waals surface area contributed by atoms with E-state index >= 15 is 0 Å². The first-order chi connectivity index (χ1) is 13.8. The monoisotopic (exact) mass is 405 g/mol. The number of Topliss-reactive ketones (excluding diaryl/α,β-unsaturated/α-hetero) is 1. The van der Waals surface area contributed by atoms with Gasteiger partial charge in [0.05, 0.1) is 0 Å². The Morgan fingerprint density at radius 1 is 1.21 bits per heavy atom. The number of nitrogens with zero attached hydrogens (tertiary/aromatic N) is 2. The zero-order valence-corrected chi connectivity index (χ0v) is 16.5. The van der Waals surface area contributed by atoms with Crippen molar-refractivity contribution in [3.8, 4) is 0 Å². The van der Waals surface area contributed by atoms with E-state index in [9.17, 15) is 18.0 Å². The second-order valence-corrected chi connectivity index (χ2v) is 7.51. The summed E-state index contributed by atoms with van der Waals surface area (Å²) in [6.45, 7) is 3.64. The highest BCUT2D eigenvalue weighted by Crippen LogP contribution is 2.32. The zero-order valence-electron chi connectivity index (χ0n) is 16.5. The van der Waals surface area contributed by atoms with E-state index in [4.69, 9.17) is 5.73 Å². The Hall–Kier alpha value is -2.41. The summed E-state index contributed by atoms with van der Waals surface area (Å²) in [7, 11) is 0. The van der Waals surface area contributed by atoms with E-state index in [0.29, 0.717) is 37.4 Å². The highest BCUT2D eigenvalue weighted by Gasteiger charge is 2.34. The summed E-state index contributed by atoms with van der Waals surface area (Å²) in [6, 6.07) is 10.1. The number of hydrogen-bond donors (Lipinski definition) is 1. The van der Waals surface area contributed by atoms with Crippen molar-refractivity contribution in [2.75, 3.05) is 18.0 Å². The van der Waals surface area contributed by atoms with Gasteiger partial charge in [-0.05, 0) is 42.0 Å². The number of halogens is 3. The lowest BCUT2D eigenvalue weighted by molar-refractivity contribution is -0.141. The van der Waals surface area contributed by atoms with Gasteiger partial charge in [0, 0.05) is 32.0 Å². The van der Waals surface area contributed by atoms with Gasteiger partial charge in [-0.1, -0.05) is 37.3 Å². The van der Waals surface area contributed by atoms with Crippen molar-refractivity contribution >= 4 is 11.6 Å². The van der Waals surface area contributed by atoms with Crippen molar-refractivity contribution in [1.82, 2.24) is 4.98 Å². The first kappa shape index (κ1) is 21.3. The Kier molecular flexibility index (Phi) is 6.57. The van der Waals surface area contributed by atoms with E-state index in [0.717, 1.165) is 30.0 Å². The standard InChI is InChI=1S/C22H26F3N3O/c1-15(18-6-4-5-16(13-18)14-26)19(29)9-7-17-8-10-20(22(23,24)25)27-21(17)28-11-2-3-12-28/h4-6,8,10,13,15H,2-3,7,9,11-12,14,26H2,1H3. The predicted octanol–water partition coefficient (Wildman–Crippen LogP) is 4.46. The lowest BCUT2D eigenvalue weighted by atomic mass is 9.92. The molecule has 2 aromatic rings. The highest BCUT2D eigenvalue weighted by atomic mass is 19.4. The van der Waals surface area contributed by atoms with Crippen molar-refractivity contribution in [2.45, 2.75) is 51.2 Å². The number of benzene rings is 1. The van der Waals surface area contributed by atoms with E-state index < -0.39 is 11.9 Å². The van der Waals surface area contributed by atoms with Crippen molar-refractivity contribution in [1.29, 1.82) is 0 Å². The fourth-order valence-electron chi connectivity index (χ4n) is 3.68. The summed E-state index contributed by atoms with van der Waals surface area (Å²) in [5.74, 6) is 0.119. The van der Waals surface area contributed by atoms with Crippen LogP contribution in [0.25, 0.3) is 0 Å². The van der Waals surface area contributed by atoms with Gasteiger partial charge < -0.3 is 10.6 Å². The lowest BCUT2D eigenvalue weighted by Gasteiger charge is -2.22. The lowest BCUT2D eigenvalue weighted by Crippen LogP contribution is -2.23. The molecule has 0 radical (unpaired) electrons. The number of pyridine rings is 1. The second kappa shape index (κ2) is 8.95. The van der Waals surface area contributed by atoms with E-state index in [1.54, 1.807) is 0 Å². The Morgan fingerprint density at radius 3 is 2.59 bits per heavy atom. The van der Waals surface area contributed by atoms with E-state index in [-0.39, 0.29) is 18.1 Å². The number of rotatable bonds is 7. The molecule has 1 aliphatic rings. The SMILES string of the molecule is CC(C(=O)CCc1ccc(C(F)(F)F)nc1N1CCCC1)c1cccc(CN)c1. The van der Waals surface area contributed by atoms with Gasteiger partial charge in [-0.15, -0.1) is 0 Å². The van der Waals surface area contributed by atoms with Gasteiger partial charge in [-0.2, -0.15) is 13.2 Å². The third-order valence-electron chi connectivity index (χ3n) is 5.46. The molecule has 1 unspecified atom stereocenters. The summed E-state index contributed by atoms with van der Waals surface area (Å²) in [5.41, 5.74) is 7.34. The molecule has 0 bridgehead atoms. The van der Waals surface area contributed by atoms with Gasteiger partial charge in [-0.25, -0.2) is 4.98 Å². The van der Waals surface area contributed by atoms with Crippen LogP contribution in [0.5, 0.6) is 0 Å². The number of hydrogen-bond acceptors (Lipinski definition) is 4. The van der Waals surface area contributed by atoms with Gasteiger partial charge in [0.1, 0.15) is 17.3 Å². The van der Waals surface area contributed by atoms with Crippen LogP contribution in [0.1, 0.15) is 54.5 Å². The second-order valence-electron chi connectivity index (χ2n) is 7.51. The highest BCUT2D eigenvalue weighted by molar-refractivity contribution is 5.85. The zero-order chi connectivity index (χ0) is 21.0. The summed E-state index contributed by atoms with van der Waals surface area (Å²) in [5, 5.41) is 0. The maximum absolute atomic E-state index is 13.1. The van der Waals surface area contributed by atoms with Crippen molar-refractivity contribution in [2.24, 2.45) is 5.73 Å². The predicted molar refractivity (Wildman–Crippen MR) is 107 cm³/mol. The first-order valence-electron chi connectivity index (χ1n) is 9.93. The largest absolute Gasteiger partial charge is 0.433 e. The Balaban J connectivity index is 1.75. The van der Waals surface area contributed by atoms with Crippen molar-refractivity contribution < 1.29 is 18.0 Å². The Labute approximate surface area is 168 Å². The molecule has 1 fully saturated rings. The van der Waals surface area contributed by atoms with Gasteiger partial charge in [-0.3, -0.25) is 4.79 Å². The molecule has 3 rings (SSSR count). The van der Waals surface area contributed by atoms with Crippen LogP contribution in [-0.2, 0) is 23.9 Å². The quantitative estimate of drug-likeness (QED) is 0.739. The minimum Gasteiger partial charge on any atom is -0.356 e. The summed E-state index contributed by atoms with van der Waals surface area (Å²) in [4.78, 5) is 18.5. The van der Waals surface area contributed by atoms with Gasteiger partial charge in [0.2, 0.25) is 0 Å². The van der Waals surface area contributed by atoms with Crippen LogP contribution in [-0.4, -0.2) is 23.9 Å². The van der Waals surface area contributed by atoms with Crippen LogP contribution in [0.2, 0.25) is 0 Å². The molecule has 0 aliphatic carbocycles. The molecular formula is C22H26F3N3O. The number of aromatic nitrogens is 1. The molecule has 0 amide bonds. The molecule has 1 aromatic heterocycles. The van der Waals surface area contributed by atoms with E-state index in [2.05, 4.69) is 4.98 Å². The third kappa shape index (κ3) is 5.15. The number of carbonyl (C=O) groups excluding carboxylic acids is 1.